The van der Waals surface area contributed by atoms with Crippen molar-refractivity contribution in [1.29, 1.82) is 0 Å². The van der Waals surface area contributed by atoms with Crippen LogP contribution in [-0.2, 0) is 6.42 Å². The van der Waals surface area contributed by atoms with Gasteiger partial charge in [0.05, 0.1) is 10.6 Å². The Morgan fingerprint density at radius 3 is 2.64 bits per heavy atom. The van der Waals surface area contributed by atoms with Crippen LogP contribution in [0.1, 0.15) is 56.1 Å². The second-order valence-electron chi connectivity index (χ2n) is 8.06. The van der Waals surface area contributed by atoms with Crippen LogP contribution in [0.3, 0.4) is 0 Å². The Morgan fingerprint density at radius 1 is 1.07 bits per heavy atom. The number of halogens is 4. The maximum absolute atomic E-state index is 15.3. The SMILES string of the molecule is CCC=CC1CCC2c3cc(F)c(-c4ccc(Cl)c(F)c4)c(F)c3CCC2C1. The minimum Gasteiger partial charge on any atom is -0.206 e. The number of hydrogen-bond acceptors (Lipinski definition) is 0. The predicted molar refractivity (Wildman–Crippen MR) is 108 cm³/mol. The number of rotatable bonds is 3. The first-order chi connectivity index (χ1) is 13.5. The lowest BCUT2D eigenvalue weighted by atomic mass is 9.65. The van der Waals surface area contributed by atoms with Crippen LogP contribution < -0.4 is 0 Å². The first-order valence-electron chi connectivity index (χ1n) is 10.1. The minimum absolute atomic E-state index is 0.0562. The van der Waals surface area contributed by atoms with Gasteiger partial charge in [0.1, 0.15) is 17.5 Å². The van der Waals surface area contributed by atoms with Gasteiger partial charge in [-0.15, -0.1) is 0 Å². The highest BCUT2D eigenvalue weighted by molar-refractivity contribution is 6.30. The summed E-state index contributed by atoms with van der Waals surface area (Å²) in [5, 5.41) is -0.0562. The Morgan fingerprint density at radius 2 is 1.89 bits per heavy atom. The van der Waals surface area contributed by atoms with Crippen LogP contribution in [0, 0.1) is 29.3 Å². The highest BCUT2D eigenvalue weighted by Gasteiger charge is 2.37. The van der Waals surface area contributed by atoms with Gasteiger partial charge in [-0.05, 0) is 91.2 Å². The molecule has 0 aliphatic heterocycles. The molecule has 3 unspecified atom stereocenters. The van der Waals surface area contributed by atoms with E-state index in [4.69, 9.17) is 11.6 Å². The summed E-state index contributed by atoms with van der Waals surface area (Å²) in [4.78, 5) is 0. The van der Waals surface area contributed by atoms with Crippen molar-refractivity contribution in [2.45, 2.75) is 51.4 Å². The molecule has 0 saturated heterocycles. The van der Waals surface area contributed by atoms with Crippen molar-refractivity contribution in [2.24, 2.45) is 11.8 Å². The van der Waals surface area contributed by atoms with Gasteiger partial charge in [-0.25, -0.2) is 13.2 Å². The molecule has 2 aromatic rings. The molecule has 148 valence electrons. The molecule has 0 aromatic heterocycles. The second-order valence-corrected chi connectivity index (χ2v) is 8.47. The molecule has 1 saturated carbocycles. The summed E-state index contributed by atoms with van der Waals surface area (Å²) in [6.07, 6.45) is 10.2. The lowest BCUT2D eigenvalue weighted by molar-refractivity contribution is 0.234. The van der Waals surface area contributed by atoms with Crippen molar-refractivity contribution in [2.75, 3.05) is 0 Å². The third kappa shape index (κ3) is 3.50. The largest absolute Gasteiger partial charge is 0.206 e. The molecule has 2 aromatic carbocycles. The van der Waals surface area contributed by atoms with E-state index in [0.29, 0.717) is 23.8 Å². The summed E-state index contributed by atoms with van der Waals surface area (Å²) in [6, 6.07) is 5.41. The summed E-state index contributed by atoms with van der Waals surface area (Å²) >= 11 is 5.72. The Labute approximate surface area is 169 Å². The zero-order valence-electron chi connectivity index (χ0n) is 16.0. The number of benzene rings is 2. The van der Waals surface area contributed by atoms with Crippen molar-refractivity contribution in [3.63, 3.8) is 0 Å². The highest BCUT2D eigenvalue weighted by Crippen LogP contribution is 2.49. The van der Waals surface area contributed by atoms with Gasteiger partial charge in [-0.2, -0.15) is 0 Å². The first kappa shape index (κ1) is 19.6. The number of fused-ring (bicyclic) bond motifs is 3. The molecular weight excluding hydrogens is 381 g/mol. The van der Waals surface area contributed by atoms with Gasteiger partial charge >= 0.3 is 0 Å². The molecule has 28 heavy (non-hydrogen) atoms. The molecule has 0 bridgehead atoms. The summed E-state index contributed by atoms with van der Waals surface area (Å²) < 4.78 is 44.1. The van der Waals surface area contributed by atoms with Crippen LogP contribution in [0.5, 0.6) is 0 Å². The van der Waals surface area contributed by atoms with E-state index in [1.165, 1.54) is 18.2 Å². The van der Waals surface area contributed by atoms with E-state index < -0.39 is 17.5 Å². The summed E-state index contributed by atoms with van der Waals surface area (Å²) in [5.41, 5.74) is 1.47. The third-order valence-corrected chi connectivity index (χ3v) is 6.70. The third-order valence-electron chi connectivity index (χ3n) is 6.39. The molecule has 0 N–H and O–H groups in total. The Hall–Kier alpha value is -1.74. The van der Waals surface area contributed by atoms with Crippen molar-refractivity contribution in [3.05, 3.63) is 70.0 Å². The monoisotopic (exact) mass is 404 g/mol. The zero-order chi connectivity index (χ0) is 19.8. The number of hydrogen-bond donors (Lipinski definition) is 0. The van der Waals surface area contributed by atoms with E-state index in [9.17, 15) is 8.78 Å². The van der Waals surface area contributed by atoms with E-state index in [1.54, 1.807) is 0 Å². The molecule has 0 heterocycles. The Bertz CT molecular complexity index is 919. The van der Waals surface area contributed by atoms with Gasteiger partial charge in [0.25, 0.3) is 0 Å². The molecule has 2 aliphatic carbocycles. The van der Waals surface area contributed by atoms with Gasteiger partial charge in [0, 0.05) is 0 Å². The fourth-order valence-corrected chi connectivity index (χ4v) is 5.16. The van der Waals surface area contributed by atoms with Crippen LogP contribution in [0.2, 0.25) is 5.02 Å². The van der Waals surface area contributed by atoms with E-state index in [1.807, 2.05) is 0 Å². The van der Waals surface area contributed by atoms with E-state index >= 15 is 4.39 Å². The van der Waals surface area contributed by atoms with Crippen LogP contribution in [0.15, 0.2) is 36.4 Å². The molecule has 4 rings (SSSR count). The molecule has 0 radical (unpaired) electrons. The van der Waals surface area contributed by atoms with Gasteiger partial charge in [-0.3, -0.25) is 0 Å². The van der Waals surface area contributed by atoms with Crippen LogP contribution in [0.4, 0.5) is 13.2 Å². The zero-order valence-corrected chi connectivity index (χ0v) is 16.7. The maximum Gasteiger partial charge on any atom is 0.142 e. The molecule has 2 aliphatic rings. The van der Waals surface area contributed by atoms with Crippen molar-refractivity contribution in [1.82, 2.24) is 0 Å². The average molecular weight is 405 g/mol. The summed E-state index contributed by atoms with van der Waals surface area (Å²) in [5.74, 6) is -0.557. The summed E-state index contributed by atoms with van der Waals surface area (Å²) in [7, 11) is 0. The van der Waals surface area contributed by atoms with E-state index in [0.717, 1.165) is 43.7 Å². The number of allylic oxidation sites excluding steroid dienone is 2. The van der Waals surface area contributed by atoms with Gasteiger partial charge < -0.3 is 0 Å². The Kier molecular flexibility index (Phi) is 5.55. The minimum atomic E-state index is -0.672. The smallest absolute Gasteiger partial charge is 0.142 e. The molecule has 0 spiro atoms. The molecule has 0 amide bonds. The fraction of sp³-hybridized carbons (Fsp3) is 0.417. The molecule has 4 heteroatoms. The molecule has 0 nitrogen and oxygen atoms in total. The van der Waals surface area contributed by atoms with E-state index in [-0.39, 0.29) is 22.1 Å². The molecular formula is C24H24ClF3. The van der Waals surface area contributed by atoms with Crippen molar-refractivity contribution >= 4 is 11.6 Å². The van der Waals surface area contributed by atoms with Crippen LogP contribution >= 0.6 is 11.6 Å². The summed E-state index contributed by atoms with van der Waals surface area (Å²) in [6.45, 7) is 2.13. The normalized spacial score (nSPS) is 24.2. The van der Waals surface area contributed by atoms with Crippen LogP contribution in [-0.4, -0.2) is 0 Å². The van der Waals surface area contributed by atoms with Gasteiger partial charge in [-0.1, -0.05) is 36.7 Å². The second kappa shape index (κ2) is 7.94. The fourth-order valence-electron chi connectivity index (χ4n) is 5.04. The predicted octanol–water partition coefficient (Wildman–Crippen LogP) is 7.84. The topological polar surface area (TPSA) is 0 Å². The molecule has 1 fully saturated rings. The van der Waals surface area contributed by atoms with E-state index in [2.05, 4.69) is 19.1 Å². The van der Waals surface area contributed by atoms with Gasteiger partial charge in [0.2, 0.25) is 0 Å². The van der Waals surface area contributed by atoms with Gasteiger partial charge in [0.15, 0.2) is 0 Å². The standard InChI is InChI=1S/C24H24ClF3/c1-2-3-4-14-5-8-17-15(11-14)6-9-18-19(17)13-22(27)23(24(18)28)16-7-10-20(25)21(26)12-16/h3-4,7,10,12-15,17H,2,5-6,8-9,11H2,1H3. The highest BCUT2D eigenvalue weighted by atomic mass is 35.5. The lowest BCUT2D eigenvalue weighted by Crippen LogP contribution is -2.28. The quantitative estimate of drug-likeness (QED) is 0.457. The lowest BCUT2D eigenvalue weighted by Gasteiger charge is -2.40. The average Bonchev–Trinajstić information content (AvgIpc) is 2.68. The maximum atomic E-state index is 15.3. The molecule has 3 atom stereocenters. The first-order valence-corrected chi connectivity index (χ1v) is 10.5. The van der Waals surface area contributed by atoms with Crippen molar-refractivity contribution in [3.8, 4) is 11.1 Å². The van der Waals surface area contributed by atoms with Crippen molar-refractivity contribution < 1.29 is 13.2 Å². The Balaban J connectivity index is 1.69. The van der Waals surface area contributed by atoms with Crippen LogP contribution in [0.25, 0.3) is 11.1 Å².